The molecular weight excluding hydrogens is 273 g/mol. The molecule has 1 rings (SSSR count). The van der Waals surface area contributed by atoms with Gasteiger partial charge in [0.1, 0.15) is 23.0 Å². The summed E-state index contributed by atoms with van der Waals surface area (Å²) in [5.41, 5.74) is 0.700. The van der Waals surface area contributed by atoms with Crippen LogP contribution < -0.4 is 0 Å². The Kier molecular flexibility index (Phi) is 3.42. The minimum absolute atomic E-state index is 0.106. The maximum Gasteiger partial charge on any atom is 0.274 e. The lowest BCUT2D eigenvalue weighted by Crippen LogP contribution is -1.94. The maximum absolute atomic E-state index is 10.4. The second-order valence-corrected chi connectivity index (χ2v) is 2.76. The minimum Gasteiger partial charge on any atom is -0.311 e. The normalized spacial score (nSPS) is 9.75. The van der Waals surface area contributed by atoms with Crippen LogP contribution in [0, 0.1) is 10.1 Å². The summed E-state index contributed by atoms with van der Waals surface area (Å²) in [5.74, 6) is 0. The van der Waals surface area contributed by atoms with E-state index in [1.54, 1.807) is 41.2 Å². The van der Waals surface area contributed by atoms with Crippen LogP contribution in [-0.4, -0.2) is 4.92 Å². The van der Waals surface area contributed by atoms with Gasteiger partial charge in [-0.1, -0.05) is 12.1 Å². The van der Waals surface area contributed by atoms with E-state index in [0.717, 1.165) is 0 Å². The number of nitro groups is 1. The first-order valence-corrected chi connectivity index (χ1v) is 4.09. The zero-order valence-corrected chi connectivity index (χ0v) is 8.22. The van der Waals surface area contributed by atoms with Crippen LogP contribution in [-0.2, 0) is 9.67 Å². The van der Waals surface area contributed by atoms with Gasteiger partial charge >= 0.3 is 0 Å². The van der Waals surface area contributed by atoms with Gasteiger partial charge in [-0.3, -0.25) is 10.1 Å². The van der Waals surface area contributed by atoms with Gasteiger partial charge in [0.25, 0.3) is 5.69 Å². The van der Waals surface area contributed by atoms with E-state index in [1.807, 2.05) is 0 Å². The third kappa shape index (κ3) is 2.15. The van der Waals surface area contributed by atoms with Gasteiger partial charge in [0.15, 0.2) is 0 Å². The Hall–Kier alpha value is -0.690. The lowest BCUT2D eigenvalue weighted by Gasteiger charge is -1.98. The van der Waals surface area contributed by atoms with Crippen molar-refractivity contribution in [1.29, 1.82) is 0 Å². The van der Waals surface area contributed by atoms with Gasteiger partial charge in [-0.15, -0.1) is 0 Å². The topological polar surface area (TPSA) is 52.4 Å². The molecule has 0 aliphatic carbocycles. The number of hydrogen-bond acceptors (Lipinski definition) is 3. The molecule has 4 nitrogen and oxygen atoms in total. The van der Waals surface area contributed by atoms with E-state index in [-0.39, 0.29) is 12.3 Å². The summed E-state index contributed by atoms with van der Waals surface area (Å²) in [5, 5.41) is 10.4. The highest BCUT2D eigenvalue weighted by Gasteiger charge is 2.10. The predicted molar refractivity (Wildman–Crippen MR) is 51.9 cm³/mol. The fourth-order valence-electron chi connectivity index (χ4n) is 0.870. The Bertz CT molecular complexity index is 290. The summed E-state index contributed by atoms with van der Waals surface area (Å²) in [7, 11) is 0. The van der Waals surface area contributed by atoms with E-state index < -0.39 is 4.92 Å². The fraction of sp³-hybridized carbons (Fsp3) is 0.143. The molecule has 64 valence electrons. The summed E-state index contributed by atoms with van der Waals surface area (Å²) >= 11 is 1.71. The molecule has 0 radical (unpaired) electrons. The van der Waals surface area contributed by atoms with Crippen molar-refractivity contribution < 1.29 is 7.99 Å². The Balaban J connectivity index is 3.00. The number of nitrogens with zero attached hydrogens (tertiary/aromatic N) is 1. The molecule has 0 saturated heterocycles. The number of benzene rings is 1. The van der Waals surface area contributed by atoms with Crippen LogP contribution in [0.2, 0.25) is 0 Å². The summed E-state index contributed by atoms with van der Waals surface area (Å²) < 4.78 is 4.78. The van der Waals surface area contributed by atoms with Crippen LogP contribution in [0.5, 0.6) is 0 Å². The van der Waals surface area contributed by atoms with Gasteiger partial charge in [-0.05, 0) is 6.07 Å². The molecule has 5 heteroatoms. The molecule has 0 saturated carbocycles. The van der Waals surface area contributed by atoms with Crippen LogP contribution >= 0.6 is 23.0 Å². The quantitative estimate of drug-likeness (QED) is 0.485. The molecule has 0 N–H and O–H groups in total. The Morgan fingerprint density at radius 1 is 1.50 bits per heavy atom. The zero-order valence-electron chi connectivity index (χ0n) is 6.07. The van der Waals surface area contributed by atoms with Gasteiger partial charge < -0.3 is 3.07 Å². The minimum atomic E-state index is -0.412. The van der Waals surface area contributed by atoms with E-state index >= 15 is 0 Å². The van der Waals surface area contributed by atoms with E-state index in [9.17, 15) is 10.1 Å². The number of nitro benzene ring substituents is 1. The molecule has 0 aliphatic heterocycles. The zero-order chi connectivity index (χ0) is 8.97. The molecule has 0 unspecified atom stereocenters. The Morgan fingerprint density at radius 2 is 2.17 bits per heavy atom. The third-order valence-electron chi connectivity index (χ3n) is 1.40. The van der Waals surface area contributed by atoms with Crippen molar-refractivity contribution in [2.75, 3.05) is 0 Å². The van der Waals surface area contributed by atoms with Gasteiger partial charge in [-0.25, -0.2) is 0 Å². The van der Waals surface area contributed by atoms with Gasteiger partial charge in [0.2, 0.25) is 0 Å². The Morgan fingerprint density at radius 3 is 2.75 bits per heavy atom. The summed E-state index contributed by atoms with van der Waals surface area (Å²) in [4.78, 5) is 10.0. The second-order valence-electron chi connectivity index (χ2n) is 2.14. The smallest absolute Gasteiger partial charge is 0.274 e. The molecular formula is C7H6INO3. The third-order valence-corrected chi connectivity index (χ3v) is 1.71. The lowest BCUT2D eigenvalue weighted by atomic mass is 10.2. The van der Waals surface area contributed by atoms with E-state index in [0.29, 0.717) is 5.56 Å². The van der Waals surface area contributed by atoms with Crippen molar-refractivity contribution in [3.05, 3.63) is 39.9 Å². The standard InChI is InChI=1S/C7H6INO3/c8-12-5-6-3-1-2-4-7(6)9(10)11/h1-4H,5H2. The van der Waals surface area contributed by atoms with Crippen LogP contribution in [0.1, 0.15) is 5.56 Å². The molecule has 0 heterocycles. The van der Waals surface area contributed by atoms with E-state index in [1.165, 1.54) is 6.07 Å². The highest BCUT2D eigenvalue weighted by molar-refractivity contribution is 14.1. The van der Waals surface area contributed by atoms with Gasteiger partial charge in [0.05, 0.1) is 17.1 Å². The molecule has 0 fully saturated rings. The first kappa shape index (κ1) is 9.40. The largest absolute Gasteiger partial charge is 0.311 e. The van der Waals surface area contributed by atoms with Crippen LogP contribution in [0.15, 0.2) is 24.3 Å². The monoisotopic (exact) mass is 279 g/mol. The van der Waals surface area contributed by atoms with Crippen molar-refractivity contribution in [2.24, 2.45) is 0 Å². The molecule has 0 amide bonds. The number of hydrogen-bond donors (Lipinski definition) is 0. The predicted octanol–water partition coefficient (Wildman–Crippen LogP) is 2.46. The van der Waals surface area contributed by atoms with Gasteiger partial charge in [-0.2, -0.15) is 0 Å². The average Bonchev–Trinajstić information content (AvgIpc) is 2.05. The molecule has 12 heavy (non-hydrogen) atoms. The highest BCUT2D eigenvalue weighted by atomic mass is 127. The van der Waals surface area contributed by atoms with Crippen molar-refractivity contribution in [3.63, 3.8) is 0 Å². The van der Waals surface area contributed by atoms with Crippen molar-refractivity contribution in [1.82, 2.24) is 0 Å². The average molecular weight is 279 g/mol. The molecule has 0 aliphatic rings. The first-order valence-electron chi connectivity index (χ1n) is 3.21. The molecule has 0 atom stereocenters. The Labute approximate surface area is 83.4 Å². The van der Waals surface area contributed by atoms with Crippen LogP contribution in [0.3, 0.4) is 0 Å². The SMILES string of the molecule is O=[N+]([O-])c1ccccc1COI. The van der Waals surface area contributed by atoms with E-state index in [4.69, 9.17) is 3.07 Å². The van der Waals surface area contributed by atoms with Crippen LogP contribution in [0.25, 0.3) is 0 Å². The van der Waals surface area contributed by atoms with Gasteiger partial charge in [0, 0.05) is 6.07 Å². The molecule has 0 spiro atoms. The first-order chi connectivity index (χ1) is 5.75. The summed E-state index contributed by atoms with van der Waals surface area (Å²) in [6.45, 7) is 0.262. The highest BCUT2D eigenvalue weighted by Crippen LogP contribution is 2.18. The number of rotatable bonds is 3. The summed E-state index contributed by atoms with van der Waals surface area (Å²) in [6, 6.07) is 6.52. The summed E-state index contributed by atoms with van der Waals surface area (Å²) in [6.07, 6.45) is 0. The van der Waals surface area contributed by atoms with E-state index in [2.05, 4.69) is 0 Å². The number of para-hydroxylation sites is 1. The maximum atomic E-state index is 10.4. The molecule has 0 aromatic heterocycles. The van der Waals surface area contributed by atoms with Crippen molar-refractivity contribution in [2.45, 2.75) is 6.61 Å². The molecule has 1 aromatic rings. The van der Waals surface area contributed by atoms with Crippen molar-refractivity contribution >= 4 is 28.7 Å². The second kappa shape index (κ2) is 4.36. The lowest BCUT2D eigenvalue weighted by molar-refractivity contribution is -0.385. The fourth-order valence-corrected chi connectivity index (χ4v) is 1.21. The molecule has 0 bridgehead atoms. The van der Waals surface area contributed by atoms with Crippen molar-refractivity contribution in [3.8, 4) is 0 Å². The molecule has 1 aromatic carbocycles. The number of halogens is 1. The van der Waals surface area contributed by atoms with Crippen LogP contribution in [0.4, 0.5) is 5.69 Å².